The van der Waals surface area contributed by atoms with Gasteiger partial charge in [0.05, 0.1) is 5.69 Å². The van der Waals surface area contributed by atoms with Gasteiger partial charge in [-0.15, -0.1) is 0 Å². The summed E-state index contributed by atoms with van der Waals surface area (Å²) in [6.45, 7) is 2.07. The zero-order chi connectivity index (χ0) is 11.3. The number of rotatable bonds is 0. The van der Waals surface area contributed by atoms with Crippen LogP contribution in [-0.2, 0) is 11.2 Å². The number of carbonyl (C=O) groups is 1. The van der Waals surface area contributed by atoms with Gasteiger partial charge in [-0.3, -0.25) is 4.79 Å². The number of hydrogen-bond acceptors (Lipinski definition) is 2. The van der Waals surface area contributed by atoms with Crippen molar-refractivity contribution in [3.63, 3.8) is 0 Å². The van der Waals surface area contributed by atoms with Gasteiger partial charge >= 0.3 is 0 Å². The Morgan fingerprint density at radius 1 is 1.44 bits per heavy atom. The molecular formula is C13H14N2O. The standard InChI is InChI=1S/C13H14N2O/c1-8-7-10-4-2-3-9-5-6-11(14)13(16)15(8)12(9)10/h2-6,8,11H,7,14H2,1H3. The van der Waals surface area contributed by atoms with E-state index in [1.54, 1.807) is 6.08 Å². The summed E-state index contributed by atoms with van der Waals surface area (Å²) >= 11 is 0. The summed E-state index contributed by atoms with van der Waals surface area (Å²) in [7, 11) is 0. The molecule has 1 aromatic carbocycles. The molecule has 0 aliphatic carbocycles. The van der Waals surface area contributed by atoms with Crippen molar-refractivity contribution < 1.29 is 4.79 Å². The lowest BCUT2D eigenvalue weighted by molar-refractivity contribution is -0.119. The number of anilines is 1. The Labute approximate surface area is 94.5 Å². The average molecular weight is 214 g/mol. The lowest BCUT2D eigenvalue weighted by Gasteiger charge is -2.24. The van der Waals surface area contributed by atoms with Gasteiger partial charge in [0.15, 0.2) is 0 Å². The van der Waals surface area contributed by atoms with Crippen LogP contribution in [0.5, 0.6) is 0 Å². The molecule has 0 bridgehead atoms. The van der Waals surface area contributed by atoms with Crippen molar-refractivity contribution in [1.82, 2.24) is 0 Å². The Morgan fingerprint density at radius 2 is 2.25 bits per heavy atom. The summed E-state index contributed by atoms with van der Waals surface area (Å²) < 4.78 is 0. The molecule has 2 unspecified atom stereocenters. The summed E-state index contributed by atoms with van der Waals surface area (Å²) in [5, 5.41) is 0. The SMILES string of the molecule is CC1Cc2cccc3c2N1C(=O)C(N)C=C3. The number of amides is 1. The molecule has 3 heteroatoms. The first-order chi connectivity index (χ1) is 7.68. The van der Waals surface area contributed by atoms with E-state index >= 15 is 0 Å². The second-order valence-electron chi connectivity index (χ2n) is 4.50. The Hall–Kier alpha value is -1.61. The van der Waals surface area contributed by atoms with E-state index in [1.807, 2.05) is 23.1 Å². The monoisotopic (exact) mass is 214 g/mol. The van der Waals surface area contributed by atoms with E-state index in [-0.39, 0.29) is 11.9 Å². The van der Waals surface area contributed by atoms with Crippen LogP contribution < -0.4 is 10.6 Å². The number of para-hydroxylation sites is 1. The molecule has 16 heavy (non-hydrogen) atoms. The Kier molecular flexibility index (Phi) is 1.91. The van der Waals surface area contributed by atoms with Gasteiger partial charge in [-0.25, -0.2) is 0 Å². The van der Waals surface area contributed by atoms with Crippen LogP contribution in [0.1, 0.15) is 18.1 Å². The highest BCUT2D eigenvalue weighted by molar-refractivity contribution is 6.04. The minimum atomic E-state index is -0.513. The first kappa shape index (κ1) is 9.60. The van der Waals surface area contributed by atoms with Crippen LogP contribution in [0.4, 0.5) is 5.69 Å². The second kappa shape index (κ2) is 3.19. The quantitative estimate of drug-likeness (QED) is 0.708. The molecule has 2 N–H and O–H groups in total. The van der Waals surface area contributed by atoms with Crippen LogP contribution in [0, 0.1) is 0 Å². The molecule has 0 aromatic heterocycles. The van der Waals surface area contributed by atoms with Crippen molar-refractivity contribution in [2.45, 2.75) is 25.4 Å². The van der Waals surface area contributed by atoms with Crippen molar-refractivity contribution in [1.29, 1.82) is 0 Å². The number of nitrogens with zero attached hydrogens (tertiary/aromatic N) is 1. The zero-order valence-corrected chi connectivity index (χ0v) is 9.18. The van der Waals surface area contributed by atoms with Crippen molar-refractivity contribution in [3.8, 4) is 0 Å². The molecule has 0 saturated heterocycles. The van der Waals surface area contributed by atoms with Crippen LogP contribution >= 0.6 is 0 Å². The minimum Gasteiger partial charge on any atom is -0.317 e. The topological polar surface area (TPSA) is 46.3 Å². The summed E-state index contributed by atoms with van der Waals surface area (Å²) in [4.78, 5) is 14.0. The van der Waals surface area contributed by atoms with Crippen LogP contribution in [-0.4, -0.2) is 18.0 Å². The minimum absolute atomic E-state index is 0.00690. The molecule has 0 fully saturated rings. The number of nitrogens with two attached hydrogens (primary N) is 1. The number of hydrogen-bond donors (Lipinski definition) is 1. The predicted molar refractivity (Wildman–Crippen MR) is 64.1 cm³/mol. The summed E-state index contributed by atoms with van der Waals surface area (Å²) in [6.07, 6.45) is 4.66. The molecule has 2 aliphatic heterocycles. The maximum atomic E-state index is 12.1. The molecule has 3 rings (SSSR count). The van der Waals surface area contributed by atoms with Gasteiger partial charge in [-0.2, -0.15) is 0 Å². The van der Waals surface area contributed by atoms with Gasteiger partial charge in [0, 0.05) is 6.04 Å². The summed E-state index contributed by atoms with van der Waals surface area (Å²) in [5.41, 5.74) is 9.24. The lowest BCUT2D eigenvalue weighted by Crippen LogP contribution is -2.45. The highest BCUT2D eigenvalue weighted by atomic mass is 16.2. The maximum absolute atomic E-state index is 12.1. The fraction of sp³-hybridized carbons (Fsp3) is 0.308. The van der Waals surface area contributed by atoms with Gasteiger partial charge in [-0.05, 0) is 24.5 Å². The van der Waals surface area contributed by atoms with Crippen molar-refractivity contribution >= 4 is 17.7 Å². The van der Waals surface area contributed by atoms with E-state index < -0.39 is 6.04 Å². The fourth-order valence-corrected chi connectivity index (χ4v) is 2.61. The molecule has 82 valence electrons. The summed E-state index contributed by atoms with van der Waals surface area (Å²) in [5.74, 6) is 0.00690. The Bertz CT molecular complexity index is 493. The first-order valence-corrected chi connectivity index (χ1v) is 5.57. The zero-order valence-electron chi connectivity index (χ0n) is 9.18. The predicted octanol–water partition coefficient (Wildman–Crippen LogP) is 1.32. The van der Waals surface area contributed by atoms with Crippen LogP contribution in [0.3, 0.4) is 0 Å². The molecule has 0 radical (unpaired) electrons. The van der Waals surface area contributed by atoms with Crippen LogP contribution in [0.25, 0.3) is 6.08 Å². The molecular weight excluding hydrogens is 200 g/mol. The largest absolute Gasteiger partial charge is 0.317 e. The molecule has 2 aliphatic rings. The van der Waals surface area contributed by atoms with E-state index in [9.17, 15) is 4.79 Å². The third-order valence-corrected chi connectivity index (χ3v) is 3.35. The Balaban J connectivity index is 2.25. The smallest absolute Gasteiger partial charge is 0.248 e. The van der Waals surface area contributed by atoms with Crippen molar-refractivity contribution in [2.24, 2.45) is 5.73 Å². The molecule has 3 nitrogen and oxygen atoms in total. The van der Waals surface area contributed by atoms with E-state index in [1.165, 1.54) is 5.56 Å². The first-order valence-electron chi connectivity index (χ1n) is 5.57. The van der Waals surface area contributed by atoms with Gasteiger partial charge in [0.1, 0.15) is 6.04 Å². The number of carbonyl (C=O) groups excluding carboxylic acids is 1. The molecule has 0 spiro atoms. The highest BCUT2D eigenvalue weighted by Crippen LogP contribution is 2.37. The van der Waals surface area contributed by atoms with Crippen LogP contribution in [0.2, 0.25) is 0 Å². The maximum Gasteiger partial charge on any atom is 0.248 e. The third-order valence-electron chi connectivity index (χ3n) is 3.35. The Morgan fingerprint density at radius 3 is 3.06 bits per heavy atom. The highest BCUT2D eigenvalue weighted by Gasteiger charge is 2.35. The van der Waals surface area contributed by atoms with Crippen LogP contribution in [0.15, 0.2) is 24.3 Å². The van der Waals surface area contributed by atoms with E-state index in [2.05, 4.69) is 13.0 Å². The second-order valence-corrected chi connectivity index (χ2v) is 4.50. The molecule has 2 heterocycles. The molecule has 0 saturated carbocycles. The van der Waals surface area contributed by atoms with Gasteiger partial charge in [0.2, 0.25) is 5.91 Å². The third kappa shape index (κ3) is 1.15. The van der Waals surface area contributed by atoms with E-state index in [0.29, 0.717) is 0 Å². The normalized spacial score (nSPS) is 26.9. The molecule has 1 aromatic rings. The lowest BCUT2D eigenvalue weighted by atomic mass is 10.1. The van der Waals surface area contributed by atoms with E-state index in [4.69, 9.17) is 5.73 Å². The molecule has 2 atom stereocenters. The van der Waals surface area contributed by atoms with Gasteiger partial charge in [0.25, 0.3) is 0 Å². The summed E-state index contributed by atoms with van der Waals surface area (Å²) in [6, 6.07) is 5.87. The average Bonchev–Trinajstić information content (AvgIpc) is 2.54. The van der Waals surface area contributed by atoms with Gasteiger partial charge < -0.3 is 10.6 Å². The van der Waals surface area contributed by atoms with Crippen molar-refractivity contribution in [2.75, 3.05) is 4.90 Å². The van der Waals surface area contributed by atoms with Crippen molar-refractivity contribution in [3.05, 3.63) is 35.4 Å². The number of benzene rings is 1. The van der Waals surface area contributed by atoms with Gasteiger partial charge in [-0.1, -0.05) is 30.4 Å². The van der Waals surface area contributed by atoms with E-state index in [0.717, 1.165) is 17.7 Å². The molecule has 1 amide bonds. The fourth-order valence-electron chi connectivity index (χ4n) is 2.61.